The van der Waals surface area contributed by atoms with Gasteiger partial charge in [-0.2, -0.15) is 0 Å². The van der Waals surface area contributed by atoms with Crippen LogP contribution in [0.15, 0.2) is 18.2 Å². The molecular weight excluding hydrogens is 311 g/mol. The highest BCUT2D eigenvalue weighted by Crippen LogP contribution is 2.22. The van der Waals surface area contributed by atoms with Crippen molar-refractivity contribution >= 4 is 17.6 Å². The number of halogens is 1. The van der Waals surface area contributed by atoms with E-state index in [0.29, 0.717) is 28.1 Å². The molecule has 0 atom stereocenters. The Labute approximate surface area is 140 Å². The molecule has 5 nitrogen and oxygen atoms in total. The van der Waals surface area contributed by atoms with E-state index in [-0.39, 0.29) is 17.6 Å². The molecule has 0 fully saturated rings. The fourth-order valence-electron chi connectivity index (χ4n) is 2.51. The lowest BCUT2D eigenvalue weighted by Gasteiger charge is -2.09. The van der Waals surface area contributed by atoms with E-state index in [1.807, 2.05) is 0 Å². The van der Waals surface area contributed by atoms with Crippen molar-refractivity contribution in [3.05, 3.63) is 52.1 Å². The number of ether oxygens (including phenoxy) is 1. The van der Waals surface area contributed by atoms with Gasteiger partial charge in [-0.3, -0.25) is 4.79 Å². The highest BCUT2D eigenvalue weighted by molar-refractivity contribution is 6.07. The number of anilines is 1. The molecule has 2 rings (SSSR count). The number of hydrogen-bond donors (Lipinski definition) is 2. The summed E-state index contributed by atoms with van der Waals surface area (Å²) < 4.78 is 18.4. The van der Waals surface area contributed by atoms with Crippen LogP contribution in [-0.4, -0.2) is 23.0 Å². The first kappa shape index (κ1) is 17.7. The molecule has 24 heavy (non-hydrogen) atoms. The third kappa shape index (κ3) is 3.64. The third-order valence-corrected chi connectivity index (χ3v) is 3.65. The fourth-order valence-corrected chi connectivity index (χ4v) is 2.51. The smallest absolute Gasteiger partial charge is 0.340 e. The van der Waals surface area contributed by atoms with Crippen LogP contribution in [0.25, 0.3) is 0 Å². The maximum absolute atomic E-state index is 13.2. The molecule has 0 saturated heterocycles. The number of carbonyl (C=O) groups is 2. The number of rotatable bonds is 4. The minimum atomic E-state index is -0.465. The lowest BCUT2D eigenvalue weighted by Crippen LogP contribution is -2.16. The number of aromatic nitrogens is 1. The van der Waals surface area contributed by atoms with Gasteiger partial charge >= 0.3 is 5.97 Å². The quantitative estimate of drug-likeness (QED) is 0.834. The van der Waals surface area contributed by atoms with E-state index in [1.54, 1.807) is 34.6 Å². The van der Waals surface area contributed by atoms with Crippen LogP contribution in [0, 0.1) is 26.6 Å². The first-order valence-electron chi connectivity index (χ1n) is 7.68. The van der Waals surface area contributed by atoms with E-state index >= 15 is 0 Å². The van der Waals surface area contributed by atoms with Crippen molar-refractivity contribution in [2.75, 3.05) is 5.32 Å². The van der Waals surface area contributed by atoms with Crippen molar-refractivity contribution in [3.63, 3.8) is 0 Å². The number of carbonyl (C=O) groups excluding carboxylic acids is 2. The number of aromatic amines is 1. The van der Waals surface area contributed by atoms with E-state index in [2.05, 4.69) is 10.3 Å². The van der Waals surface area contributed by atoms with Crippen LogP contribution in [0.2, 0.25) is 0 Å². The molecule has 0 spiro atoms. The Morgan fingerprint density at radius 2 is 1.88 bits per heavy atom. The van der Waals surface area contributed by atoms with Gasteiger partial charge in [-0.15, -0.1) is 0 Å². The predicted octanol–water partition coefficient (Wildman–Crippen LogP) is 3.90. The second-order valence-corrected chi connectivity index (χ2v) is 5.99. The van der Waals surface area contributed by atoms with Crippen LogP contribution < -0.4 is 5.32 Å². The number of amides is 1. The first-order valence-corrected chi connectivity index (χ1v) is 7.68. The van der Waals surface area contributed by atoms with Crippen molar-refractivity contribution in [1.29, 1.82) is 0 Å². The number of aryl methyl sites for hydroxylation is 2. The Balaban J connectivity index is 2.29. The van der Waals surface area contributed by atoms with E-state index in [9.17, 15) is 14.0 Å². The Bertz CT molecular complexity index is 794. The standard InChI is InChI=1S/C18H21FN2O3/c1-9(2)24-18(23)15-11(4)16(20-12(15)5)17(22)21-14-7-6-13(19)8-10(14)3/h6-9,20H,1-5H3,(H,21,22). The van der Waals surface area contributed by atoms with E-state index in [1.165, 1.54) is 18.2 Å². The molecule has 2 N–H and O–H groups in total. The zero-order chi connectivity index (χ0) is 18.0. The van der Waals surface area contributed by atoms with Crippen molar-refractivity contribution in [2.45, 2.75) is 40.7 Å². The van der Waals surface area contributed by atoms with Gasteiger partial charge in [-0.1, -0.05) is 0 Å². The van der Waals surface area contributed by atoms with Gasteiger partial charge in [0.25, 0.3) is 5.91 Å². The number of nitrogens with one attached hydrogen (secondary N) is 2. The molecule has 1 heterocycles. The summed E-state index contributed by atoms with van der Waals surface area (Å²) in [5.74, 6) is -1.22. The van der Waals surface area contributed by atoms with Crippen LogP contribution in [0.3, 0.4) is 0 Å². The molecule has 1 aromatic heterocycles. The van der Waals surface area contributed by atoms with Crippen LogP contribution in [0.5, 0.6) is 0 Å². The van der Waals surface area contributed by atoms with Crippen LogP contribution in [-0.2, 0) is 4.74 Å². The summed E-state index contributed by atoms with van der Waals surface area (Å²) in [6, 6.07) is 4.12. The predicted molar refractivity (Wildman–Crippen MR) is 89.9 cm³/mol. The first-order chi connectivity index (χ1) is 11.2. The molecule has 0 bridgehead atoms. The molecule has 128 valence electrons. The SMILES string of the molecule is Cc1cc(F)ccc1NC(=O)c1[nH]c(C)c(C(=O)OC(C)C)c1C. The second-order valence-electron chi connectivity index (χ2n) is 5.99. The minimum absolute atomic E-state index is 0.245. The lowest BCUT2D eigenvalue weighted by molar-refractivity contribution is 0.0376. The van der Waals surface area contributed by atoms with Gasteiger partial charge < -0.3 is 15.0 Å². The molecular formula is C18H21FN2O3. The summed E-state index contributed by atoms with van der Waals surface area (Å²) in [6.45, 7) is 8.63. The number of benzene rings is 1. The minimum Gasteiger partial charge on any atom is -0.459 e. The molecule has 0 radical (unpaired) electrons. The molecule has 6 heteroatoms. The summed E-state index contributed by atoms with van der Waals surface area (Å²) in [4.78, 5) is 27.6. The fraction of sp³-hybridized carbons (Fsp3) is 0.333. The summed E-state index contributed by atoms with van der Waals surface area (Å²) in [7, 11) is 0. The molecule has 2 aromatic rings. The topological polar surface area (TPSA) is 71.2 Å². The Kier molecular flexibility index (Phi) is 5.07. The molecule has 1 aromatic carbocycles. The van der Waals surface area contributed by atoms with Gasteiger partial charge in [0.2, 0.25) is 0 Å². The van der Waals surface area contributed by atoms with E-state index in [0.717, 1.165) is 0 Å². The van der Waals surface area contributed by atoms with Crippen molar-refractivity contribution < 1.29 is 18.7 Å². The molecule has 0 saturated carbocycles. The van der Waals surface area contributed by atoms with E-state index < -0.39 is 11.9 Å². The molecule has 0 aliphatic rings. The average Bonchev–Trinajstić information content (AvgIpc) is 2.76. The Morgan fingerprint density at radius 3 is 2.46 bits per heavy atom. The highest BCUT2D eigenvalue weighted by atomic mass is 19.1. The van der Waals surface area contributed by atoms with Gasteiger partial charge in [-0.05, 0) is 63.9 Å². The second kappa shape index (κ2) is 6.86. The van der Waals surface area contributed by atoms with Crippen LogP contribution >= 0.6 is 0 Å². The Hall–Kier alpha value is -2.63. The maximum Gasteiger partial charge on any atom is 0.340 e. The highest BCUT2D eigenvalue weighted by Gasteiger charge is 2.23. The van der Waals surface area contributed by atoms with Crippen molar-refractivity contribution in [3.8, 4) is 0 Å². The summed E-state index contributed by atoms with van der Waals surface area (Å²) in [5, 5.41) is 2.73. The number of H-pyrrole nitrogens is 1. The normalized spacial score (nSPS) is 10.8. The maximum atomic E-state index is 13.2. The third-order valence-electron chi connectivity index (χ3n) is 3.65. The van der Waals surface area contributed by atoms with Crippen molar-refractivity contribution in [2.24, 2.45) is 0 Å². The monoisotopic (exact) mass is 332 g/mol. The van der Waals surface area contributed by atoms with Gasteiger partial charge in [0.1, 0.15) is 11.5 Å². The zero-order valence-corrected chi connectivity index (χ0v) is 14.4. The lowest BCUT2D eigenvalue weighted by atomic mass is 10.1. The number of hydrogen-bond acceptors (Lipinski definition) is 3. The molecule has 0 unspecified atom stereocenters. The molecule has 0 aliphatic heterocycles. The molecule has 1 amide bonds. The number of esters is 1. The van der Waals surface area contributed by atoms with Crippen LogP contribution in [0.1, 0.15) is 51.5 Å². The zero-order valence-electron chi connectivity index (χ0n) is 14.4. The largest absolute Gasteiger partial charge is 0.459 e. The van der Waals surface area contributed by atoms with Gasteiger partial charge in [-0.25, -0.2) is 9.18 Å². The van der Waals surface area contributed by atoms with Gasteiger partial charge in [0, 0.05) is 11.4 Å². The van der Waals surface area contributed by atoms with Gasteiger partial charge in [0.05, 0.1) is 11.7 Å². The Morgan fingerprint density at radius 1 is 1.21 bits per heavy atom. The average molecular weight is 332 g/mol. The molecule has 0 aliphatic carbocycles. The van der Waals surface area contributed by atoms with E-state index in [4.69, 9.17) is 4.74 Å². The summed E-state index contributed by atoms with van der Waals surface area (Å²) in [5.41, 5.74) is 2.87. The summed E-state index contributed by atoms with van der Waals surface area (Å²) >= 11 is 0. The van der Waals surface area contributed by atoms with Crippen molar-refractivity contribution in [1.82, 2.24) is 4.98 Å². The summed E-state index contributed by atoms with van der Waals surface area (Å²) in [6.07, 6.45) is -0.245. The van der Waals surface area contributed by atoms with Crippen LogP contribution in [0.4, 0.5) is 10.1 Å². The van der Waals surface area contributed by atoms with Gasteiger partial charge in [0.15, 0.2) is 0 Å².